The van der Waals surface area contributed by atoms with E-state index in [1.807, 2.05) is 78.2 Å². The molecule has 3 rings (SSSR count). The SMILES string of the molecule is [2H]C1=C([2H])N(c2ccccc2C)[C@@H](C)N1c1ccccc1. The number of nitrogens with zero attached hydrogens (tertiary/aromatic N) is 2. The van der Waals surface area contributed by atoms with Gasteiger partial charge in [0.1, 0.15) is 6.17 Å². The summed E-state index contributed by atoms with van der Waals surface area (Å²) in [7, 11) is 0. The third-order valence-corrected chi connectivity index (χ3v) is 3.45. The first-order chi connectivity index (χ1) is 10.1. The Morgan fingerprint density at radius 2 is 1.53 bits per heavy atom. The first-order valence-corrected chi connectivity index (χ1v) is 6.48. The molecule has 0 saturated heterocycles. The van der Waals surface area contributed by atoms with Crippen LogP contribution in [0.25, 0.3) is 0 Å². The molecule has 0 radical (unpaired) electrons. The largest absolute Gasteiger partial charge is 0.326 e. The van der Waals surface area contributed by atoms with Gasteiger partial charge in [-0.3, -0.25) is 0 Å². The molecule has 1 aliphatic heterocycles. The summed E-state index contributed by atoms with van der Waals surface area (Å²) in [5, 5.41) is 0. The lowest BCUT2D eigenvalue weighted by atomic mass is 10.2. The van der Waals surface area contributed by atoms with Crippen molar-refractivity contribution < 1.29 is 2.74 Å². The lowest BCUT2D eigenvalue weighted by Gasteiger charge is -2.30. The van der Waals surface area contributed by atoms with Crippen LogP contribution in [0.3, 0.4) is 0 Å². The van der Waals surface area contributed by atoms with Crippen molar-refractivity contribution >= 4 is 11.4 Å². The van der Waals surface area contributed by atoms with Crippen LogP contribution in [0.1, 0.15) is 15.2 Å². The molecule has 1 aliphatic rings. The summed E-state index contributed by atoms with van der Waals surface area (Å²) in [4.78, 5) is 3.79. The average Bonchev–Trinajstić information content (AvgIpc) is 2.71. The molecule has 0 unspecified atom stereocenters. The fourth-order valence-corrected chi connectivity index (χ4v) is 2.37. The minimum atomic E-state index is -0.0894. The van der Waals surface area contributed by atoms with Crippen molar-refractivity contribution in [2.24, 2.45) is 0 Å². The van der Waals surface area contributed by atoms with Crippen LogP contribution in [0.2, 0.25) is 0 Å². The second-order valence-electron chi connectivity index (χ2n) is 4.72. The molecule has 2 aromatic rings. The smallest absolute Gasteiger partial charge is 0.107 e. The molecule has 2 heteroatoms. The molecule has 0 amide bonds. The van der Waals surface area contributed by atoms with Crippen molar-refractivity contribution in [3.63, 3.8) is 0 Å². The van der Waals surface area contributed by atoms with Gasteiger partial charge in [0.2, 0.25) is 0 Å². The van der Waals surface area contributed by atoms with E-state index >= 15 is 0 Å². The third kappa shape index (κ3) is 2.10. The Kier molecular flexibility index (Phi) is 2.45. The van der Waals surface area contributed by atoms with E-state index < -0.39 is 0 Å². The van der Waals surface area contributed by atoms with Crippen molar-refractivity contribution in [2.75, 3.05) is 9.80 Å². The Morgan fingerprint density at radius 3 is 2.26 bits per heavy atom. The number of hydrogen-bond acceptors (Lipinski definition) is 2. The van der Waals surface area contributed by atoms with Crippen LogP contribution in [0, 0.1) is 6.92 Å². The normalized spacial score (nSPS) is 20.6. The number of anilines is 2. The fraction of sp³-hybridized carbons (Fsp3) is 0.176. The van der Waals surface area contributed by atoms with Gasteiger partial charge in [-0.2, -0.15) is 0 Å². The number of rotatable bonds is 2. The van der Waals surface area contributed by atoms with E-state index in [2.05, 4.69) is 0 Å². The predicted molar refractivity (Wildman–Crippen MR) is 81.2 cm³/mol. The summed E-state index contributed by atoms with van der Waals surface area (Å²) >= 11 is 0. The molecule has 96 valence electrons. The van der Waals surface area contributed by atoms with Gasteiger partial charge in [-0.1, -0.05) is 36.4 Å². The Hall–Kier alpha value is -2.22. The molecule has 2 aromatic carbocycles. The van der Waals surface area contributed by atoms with E-state index in [1.165, 1.54) is 0 Å². The second-order valence-corrected chi connectivity index (χ2v) is 4.72. The number of hydrogen-bond donors (Lipinski definition) is 0. The average molecular weight is 252 g/mol. The van der Waals surface area contributed by atoms with Gasteiger partial charge in [-0.05, 0) is 37.6 Å². The van der Waals surface area contributed by atoms with Gasteiger partial charge in [-0.15, -0.1) is 0 Å². The highest BCUT2D eigenvalue weighted by molar-refractivity contribution is 5.63. The molecular weight excluding hydrogens is 232 g/mol. The van der Waals surface area contributed by atoms with Crippen molar-refractivity contribution in [1.29, 1.82) is 0 Å². The van der Waals surface area contributed by atoms with Gasteiger partial charge in [-0.25, -0.2) is 0 Å². The van der Waals surface area contributed by atoms with Crippen molar-refractivity contribution in [3.8, 4) is 0 Å². The van der Waals surface area contributed by atoms with Gasteiger partial charge >= 0.3 is 0 Å². The van der Waals surface area contributed by atoms with Crippen molar-refractivity contribution in [2.45, 2.75) is 20.0 Å². The van der Waals surface area contributed by atoms with E-state index in [1.54, 1.807) is 0 Å². The highest BCUT2D eigenvalue weighted by atomic mass is 15.4. The molecule has 0 bridgehead atoms. The Labute approximate surface area is 117 Å². The highest BCUT2D eigenvalue weighted by Gasteiger charge is 2.24. The molecule has 0 aromatic heterocycles. The minimum absolute atomic E-state index is 0.0894. The quantitative estimate of drug-likeness (QED) is 0.792. The lowest BCUT2D eigenvalue weighted by molar-refractivity contribution is 0.748. The molecular formula is C17H18N2. The Balaban J connectivity index is 2.05. The molecule has 19 heavy (non-hydrogen) atoms. The zero-order valence-corrected chi connectivity index (χ0v) is 11.2. The molecule has 1 atom stereocenters. The zero-order chi connectivity index (χ0) is 15.0. The molecule has 0 spiro atoms. The number of para-hydroxylation sites is 2. The molecule has 0 aliphatic carbocycles. The van der Waals surface area contributed by atoms with Crippen LogP contribution in [0.15, 0.2) is 66.9 Å². The maximum atomic E-state index is 8.32. The second kappa shape index (κ2) is 4.81. The standard InChI is InChI=1S/C17H18N2/c1-14-8-6-7-11-17(14)19-13-12-18(15(19)2)16-9-4-3-5-10-16/h3-13,15H,1-2H3/t15-/m0/s1/i12D,13D. The zero-order valence-electron chi connectivity index (χ0n) is 13.2. The van der Waals surface area contributed by atoms with Crippen LogP contribution in [-0.4, -0.2) is 6.17 Å². The van der Waals surface area contributed by atoms with Crippen LogP contribution in [0.5, 0.6) is 0 Å². The first kappa shape index (κ1) is 9.68. The highest BCUT2D eigenvalue weighted by Crippen LogP contribution is 2.30. The van der Waals surface area contributed by atoms with Crippen LogP contribution < -0.4 is 9.80 Å². The summed E-state index contributed by atoms with van der Waals surface area (Å²) in [5.41, 5.74) is 3.03. The van der Waals surface area contributed by atoms with E-state index in [0.717, 1.165) is 16.9 Å². The molecule has 2 nitrogen and oxygen atoms in total. The van der Waals surface area contributed by atoms with Crippen LogP contribution >= 0.6 is 0 Å². The number of aryl methyl sites for hydroxylation is 1. The summed E-state index contributed by atoms with van der Waals surface area (Å²) in [5.74, 6) is 0. The van der Waals surface area contributed by atoms with Gasteiger partial charge in [0.25, 0.3) is 0 Å². The number of benzene rings is 2. The van der Waals surface area contributed by atoms with E-state index in [4.69, 9.17) is 2.74 Å². The summed E-state index contributed by atoms with van der Waals surface area (Å²) < 4.78 is 16.6. The topological polar surface area (TPSA) is 6.48 Å². The third-order valence-electron chi connectivity index (χ3n) is 3.45. The van der Waals surface area contributed by atoms with Crippen LogP contribution in [0.4, 0.5) is 11.4 Å². The maximum Gasteiger partial charge on any atom is 0.107 e. The van der Waals surface area contributed by atoms with Gasteiger partial charge < -0.3 is 9.80 Å². The maximum absolute atomic E-state index is 8.32. The monoisotopic (exact) mass is 252 g/mol. The van der Waals surface area contributed by atoms with E-state index in [9.17, 15) is 0 Å². The molecule has 0 N–H and O–H groups in total. The van der Waals surface area contributed by atoms with Crippen molar-refractivity contribution in [3.05, 3.63) is 72.5 Å². The minimum Gasteiger partial charge on any atom is -0.326 e. The summed E-state index contributed by atoms with van der Waals surface area (Å²) in [6.45, 7) is 4.06. The Morgan fingerprint density at radius 1 is 0.895 bits per heavy atom. The fourth-order valence-electron chi connectivity index (χ4n) is 2.37. The first-order valence-electron chi connectivity index (χ1n) is 7.48. The summed E-state index contributed by atoms with van der Waals surface area (Å²) in [6.07, 6.45) is 0.381. The van der Waals surface area contributed by atoms with E-state index in [-0.39, 0.29) is 18.5 Å². The lowest BCUT2D eigenvalue weighted by Crippen LogP contribution is -2.36. The summed E-state index contributed by atoms with van der Waals surface area (Å²) in [6, 6.07) is 17.8. The molecule has 0 fully saturated rings. The Bertz CT molecular complexity index is 682. The molecule has 1 heterocycles. The molecule has 0 saturated carbocycles. The van der Waals surface area contributed by atoms with Gasteiger partial charge in [0, 0.05) is 23.7 Å². The van der Waals surface area contributed by atoms with Crippen molar-refractivity contribution in [1.82, 2.24) is 0 Å². The predicted octanol–water partition coefficient (Wildman–Crippen LogP) is 4.14. The van der Waals surface area contributed by atoms with Gasteiger partial charge in [0.15, 0.2) is 0 Å². The van der Waals surface area contributed by atoms with Gasteiger partial charge in [0.05, 0.1) is 2.74 Å². The van der Waals surface area contributed by atoms with E-state index in [0.29, 0.717) is 0 Å². The van der Waals surface area contributed by atoms with Crippen LogP contribution in [-0.2, 0) is 0 Å².